The lowest BCUT2D eigenvalue weighted by atomic mass is 10.2. The summed E-state index contributed by atoms with van der Waals surface area (Å²) in [5, 5.41) is 0. The average Bonchev–Trinajstić information content (AvgIpc) is 2.30. The van der Waals surface area contributed by atoms with Crippen molar-refractivity contribution in [2.75, 3.05) is 20.1 Å². The van der Waals surface area contributed by atoms with E-state index in [-0.39, 0.29) is 0 Å². The fourth-order valence-corrected chi connectivity index (χ4v) is 1.91. The number of rotatable bonds is 2. The highest BCUT2D eigenvalue weighted by Crippen LogP contribution is 1.96. The molecular weight excluding hydrogens is 136 g/mol. The van der Waals surface area contributed by atoms with Crippen LogP contribution in [0.15, 0.2) is 0 Å². The summed E-state index contributed by atoms with van der Waals surface area (Å²) in [5.41, 5.74) is 0. The van der Waals surface area contributed by atoms with Crippen molar-refractivity contribution in [3.05, 3.63) is 0 Å². The van der Waals surface area contributed by atoms with E-state index in [4.69, 9.17) is 0 Å². The SMILES string of the molecule is CCC1C[NH+](CC)C(C)=[N+]1C. The van der Waals surface area contributed by atoms with Crippen LogP contribution in [-0.2, 0) is 0 Å². The van der Waals surface area contributed by atoms with Crippen molar-refractivity contribution in [1.82, 2.24) is 0 Å². The van der Waals surface area contributed by atoms with Gasteiger partial charge in [0, 0.05) is 6.42 Å². The molecule has 64 valence electrons. The van der Waals surface area contributed by atoms with Crippen molar-refractivity contribution in [3.63, 3.8) is 0 Å². The molecule has 2 atom stereocenters. The standard InChI is InChI=1S/C9H19N2/c1-5-9-7-11(6-2)8(3)10(9)4/h9H,5-7H2,1-4H3/q+1/p+1. The minimum absolute atomic E-state index is 0.782. The van der Waals surface area contributed by atoms with Crippen molar-refractivity contribution in [3.8, 4) is 0 Å². The third-order valence-electron chi connectivity index (χ3n) is 2.97. The molecule has 0 aliphatic carbocycles. The zero-order chi connectivity index (χ0) is 8.43. The molecule has 1 aliphatic rings. The van der Waals surface area contributed by atoms with E-state index in [2.05, 4.69) is 32.4 Å². The van der Waals surface area contributed by atoms with E-state index in [1.54, 1.807) is 4.90 Å². The van der Waals surface area contributed by atoms with Gasteiger partial charge in [-0.15, -0.1) is 0 Å². The Hall–Kier alpha value is -0.370. The fraction of sp³-hybridized carbons (Fsp3) is 0.889. The van der Waals surface area contributed by atoms with E-state index in [9.17, 15) is 0 Å². The molecule has 0 aromatic rings. The molecular formula is C9H20N2+2. The van der Waals surface area contributed by atoms with Crippen LogP contribution in [0, 0.1) is 0 Å². The average molecular weight is 156 g/mol. The number of amidine groups is 1. The highest BCUT2D eigenvalue weighted by Gasteiger charge is 2.35. The molecule has 0 fully saturated rings. The third kappa shape index (κ3) is 1.45. The lowest BCUT2D eigenvalue weighted by molar-refractivity contribution is -0.800. The maximum absolute atomic E-state index is 2.43. The van der Waals surface area contributed by atoms with Crippen molar-refractivity contribution >= 4 is 5.84 Å². The molecule has 1 N–H and O–H groups in total. The van der Waals surface area contributed by atoms with Gasteiger partial charge in [0.15, 0.2) is 0 Å². The minimum Gasteiger partial charge on any atom is -0.246 e. The molecule has 2 unspecified atom stereocenters. The second-order valence-corrected chi connectivity index (χ2v) is 3.42. The Kier molecular flexibility index (Phi) is 2.66. The van der Waals surface area contributed by atoms with E-state index in [0.717, 1.165) is 6.04 Å². The van der Waals surface area contributed by atoms with Crippen LogP contribution in [0.4, 0.5) is 0 Å². The molecule has 0 radical (unpaired) electrons. The molecule has 1 heterocycles. The first-order valence-electron chi connectivity index (χ1n) is 4.62. The van der Waals surface area contributed by atoms with Gasteiger partial charge in [0.25, 0.3) is 0 Å². The van der Waals surface area contributed by atoms with Gasteiger partial charge in [0.05, 0.1) is 13.5 Å². The van der Waals surface area contributed by atoms with E-state index in [1.807, 2.05) is 0 Å². The maximum Gasteiger partial charge on any atom is 0.333 e. The van der Waals surface area contributed by atoms with Gasteiger partial charge < -0.3 is 0 Å². The molecule has 0 bridgehead atoms. The van der Waals surface area contributed by atoms with E-state index in [0.29, 0.717) is 0 Å². The van der Waals surface area contributed by atoms with Gasteiger partial charge in [0.1, 0.15) is 13.6 Å². The van der Waals surface area contributed by atoms with Gasteiger partial charge in [-0.3, -0.25) is 0 Å². The number of hydrogen-bond acceptors (Lipinski definition) is 0. The van der Waals surface area contributed by atoms with E-state index in [1.165, 1.54) is 25.3 Å². The maximum atomic E-state index is 2.43. The van der Waals surface area contributed by atoms with E-state index >= 15 is 0 Å². The van der Waals surface area contributed by atoms with Crippen LogP contribution in [0.2, 0.25) is 0 Å². The summed E-state index contributed by atoms with van der Waals surface area (Å²) < 4.78 is 2.43. The van der Waals surface area contributed by atoms with Crippen molar-refractivity contribution in [2.24, 2.45) is 0 Å². The largest absolute Gasteiger partial charge is 0.333 e. The van der Waals surface area contributed by atoms with Gasteiger partial charge >= 0.3 is 5.84 Å². The van der Waals surface area contributed by atoms with Crippen molar-refractivity contribution < 1.29 is 9.48 Å². The van der Waals surface area contributed by atoms with Crippen molar-refractivity contribution in [2.45, 2.75) is 33.2 Å². The van der Waals surface area contributed by atoms with Crippen LogP contribution in [-0.4, -0.2) is 36.6 Å². The van der Waals surface area contributed by atoms with Gasteiger partial charge in [0.2, 0.25) is 6.04 Å². The molecule has 2 nitrogen and oxygen atoms in total. The number of nitrogens with zero attached hydrogens (tertiary/aromatic N) is 1. The second kappa shape index (κ2) is 3.35. The molecule has 11 heavy (non-hydrogen) atoms. The Morgan fingerprint density at radius 2 is 2.18 bits per heavy atom. The predicted octanol–water partition coefficient (Wildman–Crippen LogP) is -0.256. The van der Waals surface area contributed by atoms with Gasteiger partial charge in [-0.1, -0.05) is 6.92 Å². The first kappa shape index (κ1) is 8.72. The van der Waals surface area contributed by atoms with Crippen LogP contribution < -0.4 is 4.90 Å². The first-order chi connectivity index (χ1) is 5.20. The van der Waals surface area contributed by atoms with E-state index < -0.39 is 0 Å². The van der Waals surface area contributed by atoms with Crippen LogP contribution in [0.5, 0.6) is 0 Å². The summed E-state index contributed by atoms with van der Waals surface area (Å²) in [4.78, 5) is 1.65. The Morgan fingerprint density at radius 1 is 1.55 bits per heavy atom. The highest BCUT2D eigenvalue weighted by atomic mass is 15.3. The van der Waals surface area contributed by atoms with Gasteiger partial charge in [-0.25, -0.2) is 4.90 Å². The number of nitrogens with one attached hydrogen (secondary N) is 1. The molecule has 1 aliphatic heterocycles. The summed E-state index contributed by atoms with van der Waals surface area (Å²) in [5.74, 6) is 1.51. The molecule has 2 heteroatoms. The second-order valence-electron chi connectivity index (χ2n) is 3.42. The minimum atomic E-state index is 0.782. The molecule has 0 saturated carbocycles. The lowest BCUT2D eigenvalue weighted by Gasteiger charge is -2.03. The zero-order valence-corrected chi connectivity index (χ0v) is 8.15. The predicted molar refractivity (Wildman–Crippen MR) is 47.3 cm³/mol. The molecule has 0 aromatic carbocycles. The van der Waals surface area contributed by atoms with Gasteiger partial charge in [-0.2, -0.15) is 4.58 Å². The Balaban J connectivity index is 2.71. The first-order valence-corrected chi connectivity index (χ1v) is 4.62. The third-order valence-corrected chi connectivity index (χ3v) is 2.97. The number of hydrogen-bond donors (Lipinski definition) is 1. The number of likely N-dealkylation sites (N-methyl/N-ethyl adjacent to an activating group) is 2. The van der Waals surface area contributed by atoms with Crippen LogP contribution in [0.3, 0.4) is 0 Å². The van der Waals surface area contributed by atoms with Crippen LogP contribution >= 0.6 is 0 Å². The lowest BCUT2D eigenvalue weighted by Crippen LogP contribution is -3.13. The van der Waals surface area contributed by atoms with Crippen LogP contribution in [0.1, 0.15) is 27.2 Å². The topological polar surface area (TPSA) is 7.45 Å². The Morgan fingerprint density at radius 3 is 2.45 bits per heavy atom. The molecule has 0 amide bonds. The summed E-state index contributed by atoms with van der Waals surface area (Å²) in [7, 11) is 2.21. The quantitative estimate of drug-likeness (QED) is 0.527. The molecule has 0 aromatic heterocycles. The smallest absolute Gasteiger partial charge is 0.246 e. The van der Waals surface area contributed by atoms with Crippen LogP contribution in [0.25, 0.3) is 0 Å². The fourth-order valence-electron chi connectivity index (χ4n) is 1.91. The monoisotopic (exact) mass is 156 g/mol. The Bertz CT molecular complexity index is 154. The zero-order valence-electron chi connectivity index (χ0n) is 8.15. The normalized spacial score (nSPS) is 31.6. The summed E-state index contributed by atoms with van der Waals surface area (Å²) in [6.07, 6.45) is 1.28. The molecule has 1 rings (SSSR count). The van der Waals surface area contributed by atoms with Crippen molar-refractivity contribution in [1.29, 1.82) is 0 Å². The highest BCUT2D eigenvalue weighted by molar-refractivity contribution is 5.65. The molecule has 0 spiro atoms. The van der Waals surface area contributed by atoms with Gasteiger partial charge in [-0.05, 0) is 6.92 Å². The number of quaternary nitrogens is 1. The molecule has 0 saturated heterocycles. The summed E-state index contributed by atoms with van der Waals surface area (Å²) in [6.45, 7) is 9.30. The summed E-state index contributed by atoms with van der Waals surface area (Å²) >= 11 is 0. The summed E-state index contributed by atoms with van der Waals surface area (Å²) in [6, 6.07) is 0.782. The Labute approximate surface area is 69.5 Å².